The van der Waals surface area contributed by atoms with E-state index in [9.17, 15) is 14.7 Å². The number of nitrogens with zero attached hydrogens (tertiary/aromatic N) is 2. The van der Waals surface area contributed by atoms with E-state index in [-0.39, 0.29) is 18.9 Å². The molecule has 1 atom stereocenters. The molecule has 3 aromatic carbocycles. The Labute approximate surface area is 185 Å². The van der Waals surface area contributed by atoms with E-state index in [0.29, 0.717) is 0 Å². The maximum atomic E-state index is 13.2. The van der Waals surface area contributed by atoms with Crippen molar-refractivity contribution in [2.45, 2.75) is 18.0 Å². The average molecular weight is 429 g/mol. The van der Waals surface area contributed by atoms with Gasteiger partial charge in [-0.05, 0) is 16.7 Å². The van der Waals surface area contributed by atoms with Gasteiger partial charge < -0.3 is 20.5 Å². The van der Waals surface area contributed by atoms with Gasteiger partial charge >= 0.3 is 0 Å². The number of carboxylic acid groups (broad SMARTS) is 1. The summed E-state index contributed by atoms with van der Waals surface area (Å²) in [6.45, 7) is -0.187. The van der Waals surface area contributed by atoms with Gasteiger partial charge in [0.05, 0.1) is 6.42 Å². The summed E-state index contributed by atoms with van der Waals surface area (Å²) in [5, 5.41) is 19.6. The Morgan fingerprint density at radius 3 is 1.69 bits per heavy atom. The van der Waals surface area contributed by atoms with Gasteiger partial charge in [0.15, 0.2) is 6.04 Å². The maximum Gasteiger partial charge on any atom is 0.223 e. The molecule has 0 aliphatic heterocycles. The normalized spacial score (nSPS) is 11.6. The molecule has 3 aromatic rings. The number of hydrogen-bond acceptors (Lipinski definition) is 5. The molecule has 0 spiro atoms. The summed E-state index contributed by atoms with van der Waals surface area (Å²) in [6.07, 6.45) is -1.65. The molecular weight excluding hydrogens is 406 g/mol. The summed E-state index contributed by atoms with van der Waals surface area (Å²) in [6, 6.07) is 28.0. The molecule has 0 bridgehead atoms. The molecule has 0 saturated heterocycles. The number of amides is 2. The predicted octanol–water partition coefficient (Wildman–Crippen LogP) is 2.34. The molecule has 0 aliphatic carbocycles. The van der Waals surface area contributed by atoms with Crippen LogP contribution in [0.1, 0.15) is 23.1 Å². The predicted molar refractivity (Wildman–Crippen MR) is 116 cm³/mol. The second kappa shape index (κ2) is 10.7. The standard InChI is InChI=1S/C24H23N5O3/c25-29-28-21(17-26-23(31)32)16-22(30)27-24(18-10-4-1-5-11-18,19-12-6-2-7-13-19)20-14-8-3-9-15-20/h1-15,21,25-26H,16-17H2,(H-,27,30,31,32). The van der Waals surface area contributed by atoms with Gasteiger partial charge in [-0.3, -0.25) is 4.79 Å². The molecule has 8 heteroatoms. The molecule has 0 fully saturated rings. The van der Waals surface area contributed by atoms with E-state index in [4.69, 9.17) is 5.53 Å². The third kappa shape index (κ3) is 5.24. The van der Waals surface area contributed by atoms with E-state index >= 15 is 0 Å². The molecule has 3 rings (SSSR count). The van der Waals surface area contributed by atoms with Gasteiger partial charge in [-0.25, -0.2) is 0 Å². The zero-order chi connectivity index (χ0) is 22.8. The Morgan fingerprint density at radius 1 is 0.875 bits per heavy atom. The Bertz CT molecular complexity index is 988. The molecule has 0 radical (unpaired) electrons. The van der Waals surface area contributed by atoms with Gasteiger partial charge in [0.25, 0.3) is 0 Å². The van der Waals surface area contributed by atoms with Crippen LogP contribution in [0, 0.1) is 5.53 Å². The van der Waals surface area contributed by atoms with Crippen molar-refractivity contribution < 1.29 is 14.7 Å². The smallest absolute Gasteiger partial charge is 0.223 e. The van der Waals surface area contributed by atoms with Crippen molar-refractivity contribution in [1.82, 2.24) is 15.5 Å². The number of nitrogens with one attached hydrogen (secondary N) is 3. The fourth-order valence-electron chi connectivity index (χ4n) is 3.69. The SMILES string of the molecule is N=[N+]=NC(CNC(=O)[O-])CC(=O)NC(c1ccccc1)(c1ccccc1)c1ccccc1. The number of hydrogen-bond donors (Lipinski definition) is 3. The topological polar surface area (TPSA) is 132 Å². The van der Waals surface area contributed by atoms with E-state index in [1.54, 1.807) is 0 Å². The zero-order valence-electron chi connectivity index (χ0n) is 17.3. The summed E-state index contributed by atoms with van der Waals surface area (Å²) in [4.78, 5) is 27.0. The van der Waals surface area contributed by atoms with E-state index in [1.807, 2.05) is 91.0 Å². The van der Waals surface area contributed by atoms with Gasteiger partial charge in [0.1, 0.15) is 22.3 Å². The number of carbonyl (C=O) groups excluding carboxylic acids is 2. The lowest BCUT2D eigenvalue weighted by Crippen LogP contribution is -2.49. The van der Waals surface area contributed by atoms with Crippen LogP contribution in [0.5, 0.6) is 0 Å². The third-order valence-corrected chi connectivity index (χ3v) is 5.07. The van der Waals surface area contributed by atoms with E-state index in [0.717, 1.165) is 16.7 Å². The lowest BCUT2D eigenvalue weighted by Gasteiger charge is -2.37. The molecular formula is C24H23N5O3. The molecule has 0 aliphatic rings. The first kappa shape index (κ1) is 22.4. The monoisotopic (exact) mass is 429 g/mol. The first-order valence-electron chi connectivity index (χ1n) is 10.0. The van der Waals surface area contributed by atoms with Crippen LogP contribution in [0.25, 0.3) is 0 Å². The van der Waals surface area contributed by atoms with Crippen molar-refractivity contribution in [1.29, 1.82) is 5.53 Å². The number of rotatable bonds is 9. The largest absolute Gasteiger partial charge is 0.530 e. The van der Waals surface area contributed by atoms with Gasteiger partial charge in [0.2, 0.25) is 10.8 Å². The van der Waals surface area contributed by atoms with Crippen molar-refractivity contribution in [3.63, 3.8) is 0 Å². The molecule has 0 aromatic heterocycles. The second-order valence-electron chi connectivity index (χ2n) is 7.14. The van der Waals surface area contributed by atoms with Crippen molar-refractivity contribution in [2.24, 2.45) is 5.11 Å². The maximum absolute atomic E-state index is 13.2. The van der Waals surface area contributed by atoms with Crippen molar-refractivity contribution in [2.75, 3.05) is 6.54 Å². The Kier molecular flexibility index (Phi) is 7.46. The van der Waals surface area contributed by atoms with Gasteiger partial charge in [-0.15, -0.1) is 0 Å². The fraction of sp³-hybridized carbons (Fsp3) is 0.167. The Morgan fingerprint density at radius 2 is 1.31 bits per heavy atom. The summed E-state index contributed by atoms with van der Waals surface area (Å²) in [5.74, 6) is -0.376. The summed E-state index contributed by atoms with van der Waals surface area (Å²) in [7, 11) is 0. The van der Waals surface area contributed by atoms with Crippen LogP contribution in [0.2, 0.25) is 0 Å². The molecule has 0 heterocycles. The average Bonchev–Trinajstić information content (AvgIpc) is 2.83. The fourth-order valence-corrected chi connectivity index (χ4v) is 3.69. The Hall–Kier alpha value is -4.29. The highest BCUT2D eigenvalue weighted by Gasteiger charge is 2.38. The van der Waals surface area contributed by atoms with Crippen LogP contribution in [0.3, 0.4) is 0 Å². The Balaban J connectivity index is 2.05. The van der Waals surface area contributed by atoms with Crippen LogP contribution in [-0.4, -0.2) is 24.6 Å². The second-order valence-corrected chi connectivity index (χ2v) is 7.14. The first-order valence-corrected chi connectivity index (χ1v) is 10.0. The highest BCUT2D eigenvalue weighted by molar-refractivity contribution is 5.79. The van der Waals surface area contributed by atoms with E-state index < -0.39 is 17.7 Å². The van der Waals surface area contributed by atoms with Crippen LogP contribution in [-0.2, 0) is 10.3 Å². The summed E-state index contributed by atoms with van der Waals surface area (Å²) >= 11 is 0. The third-order valence-electron chi connectivity index (χ3n) is 5.07. The highest BCUT2D eigenvalue weighted by Crippen LogP contribution is 2.36. The minimum Gasteiger partial charge on any atom is -0.530 e. The van der Waals surface area contributed by atoms with Crippen LogP contribution in [0.15, 0.2) is 96.1 Å². The van der Waals surface area contributed by atoms with E-state index in [2.05, 4.69) is 20.7 Å². The molecule has 2 amide bonds. The first-order chi connectivity index (χ1) is 15.6. The van der Waals surface area contributed by atoms with Crippen molar-refractivity contribution >= 4 is 12.0 Å². The molecule has 0 saturated carbocycles. The zero-order valence-corrected chi connectivity index (χ0v) is 17.3. The van der Waals surface area contributed by atoms with E-state index in [1.165, 1.54) is 0 Å². The lowest BCUT2D eigenvalue weighted by atomic mass is 9.77. The minimum atomic E-state index is -1.48. The molecule has 8 nitrogen and oxygen atoms in total. The number of carbonyl (C=O) groups is 2. The highest BCUT2D eigenvalue weighted by atomic mass is 16.4. The number of benzene rings is 3. The van der Waals surface area contributed by atoms with Crippen LogP contribution < -0.4 is 20.7 Å². The van der Waals surface area contributed by atoms with Crippen molar-refractivity contribution in [3.8, 4) is 0 Å². The van der Waals surface area contributed by atoms with Crippen molar-refractivity contribution in [3.05, 3.63) is 108 Å². The molecule has 3 N–H and O–H groups in total. The minimum absolute atomic E-state index is 0.170. The molecule has 32 heavy (non-hydrogen) atoms. The molecule has 162 valence electrons. The quantitative estimate of drug-likeness (QED) is 0.274. The summed E-state index contributed by atoms with van der Waals surface area (Å²) < 4.78 is 0. The van der Waals surface area contributed by atoms with Gasteiger partial charge in [-0.1, -0.05) is 91.0 Å². The van der Waals surface area contributed by atoms with Gasteiger partial charge in [-0.2, -0.15) is 0 Å². The summed E-state index contributed by atoms with van der Waals surface area (Å²) in [5.41, 5.74) is 8.56. The lowest BCUT2D eigenvalue weighted by molar-refractivity contribution is -0.250. The van der Waals surface area contributed by atoms with Crippen LogP contribution >= 0.6 is 0 Å². The van der Waals surface area contributed by atoms with Crippen LogP contribution in [0.4, 0.5) is 4.79 Å². The van der Waals surface area contributed by atoms with Gasteiger partial charge in [0, 0.05) is 6.54 Å². The molecule has 1 unspecified atom stereocenters.